The van der Waals surface area contributed by atoms with Crippen LogP contribution in [0.25, 0.3) is 0 Å². The molecule has 5 heteroatoms. The fraction of sp³-hybridized carbons (Fsp3) is 0.786. The first-order valence-electron chi connectivity index (χ1n) is 7.17. The van der Waals surface area contributed by atoms with Gasteiger partial charge in [0.25, 0.3) is 0 Å². The van der Waals surface area contributed by atoms with Gasteiger partial charge < -0.3 is 10.2 Å². The van der Waals surface area contributed by atoms with Crippen LogP contribution in [0.4, 0.5) is 5.13 Å². The van der Waals surface area contributed by atoms with Crippen LogP contribution in [0.15, 0.2) is 0 Å². The molecule has 1 fully saturated rings. The van der Waals surface area contributed by atoms with Crippen LogP contribution in [-0.2, 0) is 6.54 Å². The molecule has 2 rings (SSSR count). The Kier molecular flexibility index (Phi) is 5.54. The summed E-state index contributed by atoms with van der Waals surface area (Å²) >= 11 is 3.95. The zero-order valence-electron chi connectivity index (χ0n) is 12.4. The lowest BCUT2D eigenvalue weighted by atomic mass is 10.3. The first-order chi connectivity index (χ1) is 9.10. The minimum absolute atomic E-state index is 0.703. The van der Waals surface area contributed by atoms with E-state index in [1.165, 1.54) is 22.1 Å². The van der Waals surface area contributed by atoms with Crippen LogP contribution in [-0.4, -0.2) is 35.1 Å². The van der Waals surface area contributed by atoms with E-state index >= 15 is 0 Å². The van der Waals surface area contributed by atoms with Crippen LogP contribution >= 0.6 is 23.1 Å². The number of thioether (sulfide) groups is 1. The number of hydrogen-bond donors (Lipinski definition) is 1. The lowest BCUT2D eigenvalue weighted by molar-refractivity contribution is 0.678. The largest absolute Gasteiger partial charge is 0.346 e. The summed E-state index contributed by atoms with van der Waals surface area (Å²) in [6.07, 6.45) is 1.18. The van der Waals surface area contributed by atoms with E-state index < -0.39 is 0 Å². The zero-order valence-corrected chi connectivity index (χ0v) is 14.0. The molecule has 2 atom stereocenters. The second kappa shape index (κ2) is 6.95. The highest BCUT2D eigenvalue weighted by Crippen LogP contribution is 2.32. The maximum Gasteiger partial charge on any atom is 0.185 e. The Bertz CT molecular complexity index is 395. The first-order valence-corrected chi connectivity index (χ1v) is 8.93. The van der Waals surface area contributed by atoms with Gasteiger partial charge in [-0.2, -0.15) is 11.8 Å². The summed E-state index contributed by atoms with van der Waals surface area (Å²) in [5, 5.41) is 6.09. The van der Waals surface area contributed by atoms with E-state index in [9.17, 15) is 0 Å². The zero-order chi connectivity index (χ0) is 13.8. The number of rotatable bonds is 5. The second-order valence-electron chi connectivity index (χ2n) is 5.34. The Hall–Kier alpha value is -0.260. The van der Waals surface area contributed by atoms with Crippen molar-refractivity contribution in [2.24, 2.45) is 0 Å². The van der Waals surface area contributed by atoms with Gasteiger partial charge in [-0.1, -0.05) is 20.8 Å². The Morgan fingerprint density at radius 2 is 2.00 bits per heavy atom. The minimum Gasteiger partial charge on any atom is -0.346 e. The fourth-order valence-corrected chi connectivity index (χ4v) is 4.80. The van der Waals surface area contributed by atoms with Crippen LogP contribution in [0.3, 0.4) is 0 Å². The number of anilines is 1. The molecule has 2 unspecified atom stereocenters. The molecule has 1 N–H and O–H groups in total. The van der Waals surface area contributed by atoms with Crippen molar-refractivity contribution in [1.29, 1.82) is 0 Å². The van der Waals surface area contributed by atoms with Gasteiger partial charge in [-0.25, -0.2) is 4.98 Å². The standard InChI is InChI=1S/C14H25N3S2/c1-5-6-15-7-13-12(4)16-14(19-13)17-8-10(2)18-11(3)9-17/h10-11,15H,5-9H2,1-4H3. The van der Waals surface area contributed by atoms with Gasteiger partial charge in [0.2, 0.25) is 0 Å². The van der Waals surface area contributed by atoms with Crippen molar-refractivity contribution in [3.8, 4) is 0 Å². The molecule has 0 amide bonds. The van der Waals surface area contributed by atoms with E-state index in [2.05, 4.69) is 49.7 Å². The van der Waals surface area contributed by atoms with Gasteiger partial charge in [0.15, 0.2) is 5.13 Å². The van der Waals surface area contributed by atoms with E-state index in [0.29, 0.717) is 10.5 Å². The van der Waals surface area contributed by atoms with Crippen LogP contribution < -0.4 is 10.2 Å². The van der Waals surface area contributed by atoms with Crippen molar-refractivity contribution in [2.45, 2.75) is 51.2 Å². The number of nitrogens with zero attached hydrogens (tertiary/aromatic N) is 2. The monoisotopic (exact) mass is 299 g/mol. The average Bonchev–Trinajstić information content (AvgIpc) is 2.70. The normalized spacial score (nSPS) is 23.9. The molecule has 2 heterocycles. The average molecular weight is 300 g/mol. The van der Waals surface area contributed by atoms with E-state index in [-0.39, 0.29) is 0 Å². The highest BCUT2D eigenvalue weighted by Gasteiger charge is 2.24. The van der Waals surface area contributed by atoms with Crippen LogP contribution in [0.5, 0.6) is 0 Å². The van der Waals surface area contributed by atoms with Gasteiger partial charge in [0, 0.05) is 35.0 Å². The second-order valence-corrected chi connectivity index (χ2v) is 8.29. The molecule has 1 saturated heterocycles. The summed E-state index contributed by atoms with van der Waals surface area (Å²) in [7, 11) is 0. The summed E-state index contributed by atoms with van der Waals surface area (Å²) in [6.45, 7) is 13.3. The van der Waals surface area contributed by atoms with Crippen molar-refractivity contribution in [3.63, 3.8) is 0 Å². The number of thiazole rings is 1. The third-order valence-electron chi connectivity index (χ3n) is 3.28. The Balaban J connectivity index is 2.02. The van der Waals surface area contributed by atoms with Crippen molar-refractivity contribution in [2.75, 3.05) is 24.5 Å². The Labute approximate surface area is 125 Å². The maximum absolute atomic E-state index is 4.78. The number of nitrogens with one attached hydrogen (secondary N) is 1. The molecule has 1 aromatic rings. The van der Waals surface area contributed by atoms with Crippen molar-refractivity contribution < 1.29 is 0 Å². The van der Waals surface area contributed by atoms with Crippen LogP contribution in [0.2, 0.25) is 0 Å². The molecule has 3 nitrogen and oxygen atoms in total. The first kappa shape index (κ1) is 15.1. The highest BCUT2D eigenvalue weighted by atomic mass is 32.2. The minimum atomic E-state index is 0.703. The topological polar surface area (TPSA) is 28.2 Å². The van der Waals surface area contributed by atoms with Crippen molar-refractivity contribution in [1.82, 2.24) is 10.3 Å². The molecule has 0 saturated carbocycles. The molecule has 108 valence electrons. The Morgan fingerprint density at radius 1 is 1.32 bits per heavy atom. The van der Waals surface area contributed by atoms with Gasteiger partial charge in [0.1, 0.15) is 0 Å². The number of aryl methyl sites for hydroxylation is 1. The molecule has 0 spiro atoms. The molecule has 19 heavy (non-hydrogen) atoms. The molecule has 1 aliphatic heterocycles. The summed E-state index contributed by atoms with van der Waals surface area (Å²) in [6, 6.07) is 0. The van der Waals surface area contributed by atoms with Gasteiger partial charge in [-0.15, -0.1) is 11.3 Å². The van der Waals surface area contributed by atoms with E-state index in [1.807, 2.05) is 11.3 Å². The molecule has 0 aliphatic carbocycles. The smallest absolute Gasteiger partial charge is 0.185 e. The summed E-state index contributed by atoms with van der Waals surface area (Å²) < 4.78 is 0. The van der Waals surface area contributed by atoms with Gasteiger partial charge >= 0.3 is 0 Å². The molecular formula is C14H25N3S2. The van der Waals surface area contributed by atoms with Gasteiger partial charge in [0.05, 0.1) is 5.69 Å². The lowest BCUT2D eigenvalue weighted by Crippen LogP contribution is -2.40. The van der Waals surface area contributed by atoms with Crippen LogP contribution in [0, 0.1) is 6.92 Å². The fourth-order valence-electron chi connectivity index (χ4n) is 2.42. The summed E-state index contributed by atoms with van der Waals surface area (Å²) in [5.41, 5.74) is 1.20. The molecule has 1 aliphatic rings. The third-order valence-corrected chi connectivity index (χ3v) is 5.73. The van der Waals surface area contributed by atoms with Gasteiger partial charge in [-0.3, -0.25) is 0 Å². The van der Waals surface area contributed by atoms with Gasteiger partial charge in [-0.05, 0) is 19.9 Å². The molecule has 0 radical (unpaired) electrons. The predicted octanol–water partition coefficient (Wildman–Crippen LogP) is 3.28. The SMILES string of the molecule is CCCNCc1sc(N2CC(C)SC(C)C2)nc1C. The third kappa shape index (κ3) is 4.10. The molecular weight excluding hydrogens is 274 g/mol. The lowest BCUT2D eigenvalue weighted by Gasteiger charge is -2.34. The van der Waals surface area contributed by atoms with E-state index in [0.717, 1.165) is 26.2 Å². The van der Waals surface area contributed by atoms with E-state index in [1.54, 1.807) is 0 Å². The predicted molar refractivity (Wildman–Crippen MR) is 87.6 cm³/mol. The highest BCUT2D eigenvalue weighted by molar-refractivity contribution is 8.00. The number of aromatic nitrogens is 1. The van der Waals surface area contributed by atoms with E-state index in [4.69, 9.17) is 4.98 Å². The molecule has 1 aromatic heterocycles. The van der Waals surface area contributed by atoms with Crippen molar-refractivity contribution >= 4 is 28.2 Å². The quantitative estimate of drug-likeness (QED) is 0.845. The maximum atomic E-state index is 4.78. The summed E-state index contributed by atoms with van der Waals surface area (Å²) in [5.74, 6) is 0. The Morgan fingerprint density at radius 3 is 2.63 bits per heavy atom. The molecule has 0 bridgehead atoms. The van der Waals surface area contributed by atoms with Crippen LogP contribution in [0.1, 0.15) is 37.8 Å². The van der Waals surface area contributed by atoms with Crippen molar-refractivity contribution in [3.05, 3.63) is 10.6 Å². The number of hydrogen-bond acceptors (Lipinski definition) is 5. The molecule has 0 aromatic carbocycles. The summed E-state index contributed by atoms with van der Waals surface area (Å²) in [4.78, 5) is 8.63.